The molecule has 0 aromatic rings. The second kappa shape index (κ2) is 3.71. The van der Waals surface area contributed by atoms with Crippen LogP contribution in [0.25, 0.3) is 0 Å². The van der Waals surface area contributed by atoms with E-state index >= 15 is 0 Å². The van der Waals surface area contributed by atoms with Gasteiger partial charge < -0.3 is 5.11 Å². The Bertz CT molecular complexity index is 613. The minimum absolute atomic E-state index is 0.0762. The van der Waals surface area contributed by atoms with Gasteiger partial charge in [-0.1, -0.05) is 12.5 Å². The maximum absolute atomic E-state index is 11.7. The van der Waals surface area contributed by atoms with Gasteiger partial charge in [0.05, 0.1) is 6.10 Å². The van der Waals surface area contributed by atoms with Crippen LogP contribution in [0.15, 0.2) is 22.8 Å². The van der Waals surface area contributed by atoms with Crippen molar-refractivity contribution in [1.29, 1.82) is 0 Å². The molecule has 0 aromatic carbocycles. The van der Waals surface area contributed by atoms with Crippen molar-refractivity contribution in [2.24, 2.45) is 22.7 Å². The molecular weight excluding hydrogens is 260 g/mol. The fraction of sp³-hybridized carbons (Fsp3) is 0.737. The van der Waals surface area contributed by atoms with Gasteiger partial charge >= 0.3 is 0 Å². The number of carbonyl (C=O) groups is 1. The zero-order chi connectivity index (χ0) is 14.4. The van der Waals surface area contributed by atoms with Crippen LogP contribution >= 0.6 is 0 Å². The van der Waals surface area contributed by atoms with Crippen LogP contribution in [-0.2, 0) is 4.79 Å². The predicted octanol–water partition coefficient (Wildman–Crippen LogP) is 3.55. The first kappa shape index (κ1) is 12.6. The van der Waals surface area contributed by atoms with Crippen LogP contribution in [0.2, 0.25) is 0 Å². The second-order valence-electron chi connectivity index (χ2n) is 8.34. The summed E-state index contributed by atoms with van der Waals surface area (Å²) in [6.45, 7) is 2.36. The Morgan fingerprint density at radius 3 is 2.95 bits per heavy atom. The van der Waals surface area contributed by atoms with E-state index in [2.05, 4.69) is 6.92 Å². The van der Waals surface area contributed by atoms with Gasteiger partial charge in [-0.15, -0.1) is 0 Å². The Labute approximate surface area is 126 Å². The first-order chi connectivity index (χ1) is 10.1. The quantitative estimate of drug-likeness (QED) is 0.738. The molecule has 5 aliphatic carbocycles. The topological polar surface area (TPSA) is 37.3 Å². The molecule has 3 fully saturated rings. The van der Waals surface area contributed by atoms with E-state index in [0.29, 0.717) is 23.5 Å². The van der Waals surface area contributed by atoms with Crippen molar-refractivity contribution in [2.75, 3.05) is 0 Å². The summed E-state index contributed by atoms with van der Waals surface area (Å²) >= 11 is 0. The molecule has 0 heterocycles. The van der Waals surface area contributed by atoms with Crippen LogP contribution in [0.5, 0.6) is 0 Å². The molecule has 0 amide bonds. The van der Waals surface area contributed by atoms with E-state index in [9.17, 15) is 9.90 Å². The molecule has 112 valence electrons. The van der Waals surface area contributed by atoms with E-state index in [4.69, 9.17) is 0 Å². The summed E-state index contributed by atoms with van der Waals surface area (Å²) in [6.07, 6.45) is 10.6. The first-order valence-electron chi connectivity index (χ1n) is 8.70. The smallest absolute Gasteiger partial charge is 0.156 e. The summed E-state index contributed by atoms with van der Waals surface area (Å²) in [5.74, 6) is 1.81. The highest BCUT2D eigenvalue weighted by Crippen LogP contribution is 2.81. The summed E-state index contributed by atoms with van der Waals surface area (Å²) in [4.78, 5) is 11.7. The van der Waals surface area contributed by atoms with E-state index in [0.717, 1.165) is 38.0 Å². The largest absolute Gasteiger partial charge is 0.393 e. The third-order valence-electron chi connectivity index (χ3n) is 7.85. The Balaban J connectivity index is 1.63. The maximum atomic E-state index is 11.7. The van der Waals surface area contributed by atoms with Crippen molar-refractivity contribution in [3.63, 3.8) is 0 Å². The molecule has 1 N–H and O–H groups in total. The van der Waals surface area contributed by atoms with Gasteiger partial charge in [-0.3, -0.25) is 4.79 Å². The third-order valence-corrected chi connectivity index (χ3v) is 7.85. The molecule has 0 bridgehead atoms. The Hall–Kier alpha value is -0.890. The standard InChI is InChI=1S/C19H24O2/c1-18-7-6-15-14-4-3-13(20)8-11(14)2-5-16(15)19(18)10-12(19)9-17(18)21/h8,12,16-17,21H,2-7,9-10H2,1H3/t12-,16-,17+,18-,19+/m1/s1. The molecule has 2 nitrogen and oxygen atoms in total. The fourth-order valence-corrected chi connectivity index (χ4v) is 6.73. The highest BCUT2D eigenvalue weighted by Gasteiger charge is 2.76. The zero-order valence-electron chi connectivity index (χ0n) is 12.8. The van der Waals surface area contributed by atoms with Crippen molar-refractivity contribution >= 4 is 5.78 Å². The summed E-state index contributed by atoms with van der Waals surface area (Å²) < 4.78 is 0. The molecule has 1 spiro atoms. The van der Waals surface area contributed by atoms with Gasteiger partial charge in [0.2, 0.25) is 0 Å². The molecule has 5 rings (SSSR count). The van der Waals surface area contributed by atoms with Gasteiger partial charge in [-0.25, -0.2) is 0 Å². The van der Waals surface area contributed by atoms with E-state index < -0.39 is 0 Å². The zero-order valence-corrected chi connectivity index (χ0v) is 12.8. The molecular formula is C19H24O2. The molecule has 5 aliphatic rings. The average Bonchev–Trinajstić information content (AvgIpc) is 3.12. The fourth-order valence-electron chi connectivity index (χ4n) is 6.73. The third kappa shape index (κ3) is 1.32. The Morgan fingerprint density at radius 1 is 1.24 bits per heavy atom. The van der Waals surface area contributed by atoms with Crippen LogP contribution in [0.4, 0.5) is 0 Å². The molecule has 0 aliphatic heterocycles. The lowest BCUT2D eigenvalue weighted by Gasteiger charge is -2.51. The summed E-state index contributed by atoms with van der Waals surface area (Å²) in [7, 11) is 0. The molecule has 3 saturated carbocycles. The monoisotopic (exact) mass is 284 g/mol. The van der Waals surface area contributed by atoms with Crippen molar-refractivity contribution in [2.45, 2.75) is 64.4 Å². The van der Waals surface area contributed by atoms with Gasteiger partial charge in [0, 0.05) is 11.8 Å². The Morgan fingerprint density at radius 2 is 2.10 bits per heavy atom. The number of ketones is 1. The lowest BCUT2D eigenvalue weighted by atomic mass is 9.54. The van der Waals surface area contributed by atoms with Crippen LogP contribution in [0.3, 0.4) is 0 Å². The summed E-state index contributed by atoms with van der Waals surface area (Å²) in [6, 6.07) is 0. The lowest BCUT2D eigenvalue weighted by molar-refractivity contribution is -0.114. The van der Waals surface area contributed by atoms with Gasteiger partial charge in [0.15, 0.2) is 5.78 Å². The minimum Gasteiger partial charge on any atom is -0.393 e. The van der Waals surface area contributed by atoms with Crippen LogP contribution in [0, 0.1) is 22.7 Å². The minimum atomic E-state index is -0.0762. The Kier molecular flexibility index (Phi) is 2.23. The van der Waals surface area contributed by atoms with Crippen LogP contribution in [0.1, 0.15) is 58.3 Å². The molecule has 0 aromatic heterocycles. The van der Waals surface area contributed by atoms with E-state index in [1.165, 1.54) is 18.4 Å². The van der Waals surface area contributed by atoms with Crippen molar-refractivity contribution in [3.8, 4) is 0 Å². The van der Waals surface area contributed by atoms with Crippen LogP contribution in [-0.4, -0.2) is 17.0 Å². The SMILES string of the molecule is C[C@]12CCC3=C4CCC(=O)C=C4CC[C@H]3[C@@]13C[C@H]3C[C@@H]2O. The number of aliphatic hydroxyl groups excluding tert-OH is 1. The normalized spacial score (nSPS) is 50.9. The molecule has 2 heteroatoms. The highest BCUT2D eigenvalue weighted by atomic mass is 16.3. The molecule has 0 radical (unpaired) electrons. The number of carbonyl (C=O) groups excluding carboxylic acids is 1. The molecule has 21 heavy (non-hydrogen) atoms. The number of hydrogen-bond donors (Lipinski definition) is 1. The number of hydrogen-bond acceptors (Lipinski definition) is 2. The molecule has 0 saturated heterocycles. The molecule has 5 atom stereocenters. The first-order valence-corrected chi connectivity index (χ1v) is 8.70. The van der Waals surface area contributed by atoms with E-state index in [1.54, 1.807) is 11.1 Å². The lowest BCUT2D eigenvalue weighted by Crippen LogP contribution is -2.45. The van der Waals surface area contributed by atoms with Gasteiger partial charge in [-0.05, 0) is 79.4 Å². The average molecular weight is 284 g/mol. The number of fused-ring (bicyclic) bond motifs is 2. The van der Waals surface area contributed by atoms with E-state index in [-0.39, 0.29) is 11.5 Å². The number of allylic oxidation sites excluding steroid dienone is 4. The summed E-state index contributed by atoms with van der Waals surface area (Å²) in [5, 5.41) is 10.6. The van der Waals surface area contributed by atoms with Crippen molar-refractivity contribution < 1.29 is 9.90 Å². The van der Waals surface area contributed by atoms with Gasteiger partial charge in [-0.2, -0.15) is 0 Å². The predicted molar refractivity (Wildman–Crippen MR) is 80.6 cm³/mol. The van der Waals surface area contributed by atoms with Crippen molar-refractivity contribution in [1.82, 2.24) is 0 Å². The number of rotatable bonds is 0. The van der Waals surface area contributed by atoms with Gasteiger partial charge in [0.1, 0.15) is 0 Å². The summed E-state index contributed by atoms with van der Waals surface area (Å²) in [5.41, 5.74) is 5.18. The maximum Gasteiger partial charge on any atom is 0.156 e. The second-order valence-corrected chi connectivity index (χ2v) is 8.34. The number of aliphatic hydroxyl groups is 1. The van der Waals surface area contributed by atoms with Gasteiger partial charge in [0.25, 0.3) is 0 Å². The van der Waals surface area contributed by atoms with Crippen molar-refractivity contribution in [3.05, 3.63) is 22.8 Å². The van der Waals surface area contributed by atoms with Crippen LogP contribution < -0.4 is 0 Å². The van der Waals surface area contributed by atoms with E-state index in [1.807, 2.05) is 6.08 Å². The highest BCUT2D eigenvalue weighted by molar-refractivity contribution is 5.93. The molecule has 0 unspecified atom stereocenters.